The van der Waals surface area contributed by atoms with Crippen molar-refractivity contribution in [3.8, 4) is 0 Å². The highest BCUT2D eigenvalue weighted by Gasteiger charge is 2.26. The van der Waals surface area contributed by atoms with Crippen LogP contribution in [0.5, 0.6) is 0 Å². The Balaban J connectivity index is 1.83. The van der Waals surface area contributed by atoms with E-state index in [1.54, 1.807) is 0 Å². The summed E-state index contributed by atoms with van der Waals surface area (Å²) in [4.78, 5) is 2.67. The Morgan fingerprint density at radius 1 is 1.11 bits per heavy atom. The first-order chi connectivity index (χ1) is 8.84. The zero-order chi connectivity index (χ0) is 12.4. The fraction of sp³-hybridized carbons (Fsp3) is 0.625. The van der Waals surface area contributed by atoms with Crippen LogP contribution < -0.4 is 10.2 Å². The van der Waals surface area contributed by atoms with Crippen molar-refractivity contribution in [2.45, 2.75) is 45.2 Å². The van der Waals surface area contributed by atoms with Gasteiger partial charge in [0.2, 0.25) is 0 Å². The summed E-state index contributed by atoms with van der Waals surface area (Å²) in [6.45, 7) is 5.70. The maximum atomic E-state index is 3.54. The van der Waals surface area contributed by atoms with E-state index in [2.05, 4.69) is 41.4 Å². The molecule has 2 nitrogen and oxygen atoms in total. The molecule has 0 saturated heterocycles. The van der Waals surface area contributed by atoms with Gasteiger partial charge < -0.3 is 10.2 Å². The highest BCUT2D eigenvalue weighted by molar-refractivity contribution is 5.55. The molecule has 1 saturated carbocycles. The average Bonchev–Trinajstić information content (AvgIpc) is 2.62. The third-order valence-electron chi connectivity index (χ3n) is 4.57. The number of hydrogen-bond acceptors (Lipinski definition) is 2. The molecular formula is C16H24N2. The normalized spacial score (nSPS) is 28.6. The second kappa shape index (κ2) is 5.31. The molecule has 1 aromatic rings. The van der Waals surface area contributed by atoms with E-state index in [1.165, 1.54) is 36.9 Å². The number of rotatable bonds is 1. The molecule has 0 bridgehead atoms. The Morgan fingerprint density at radius 3 is 2.72 bits per heavy atom. The molecule has 98 valence electrons. The predicted molar refractivity (Wildman–Crippen MR) is 76.9 cm³/mol. The van der Waals surface area contributed by atoms with E-state index in [9.17, 15) is 0 Å². The van der Waals surface area contributed by atoms with Gasteiger partial charge in [-0.3, -0.25) is 0 Å². The maximum Gasteiger partial charge on any atom is 0.0414 e. The molecular weight excluding hydrogens is 220 g/mol. The molecule has 0 radical (unpaired) electrons. The Hall–Kier alpha value is -1.02. The Morgan fingerprint density at radius 2 is 1.89 bits per heavy atom. The fourth-order valence-electron chi connectivity index (χ4n) is 3.42. The van der Waals surface area contributed by atoms with Gasteiger partial charge in [0.15, 0.2) is 0 Å². The second-order valence-corrected chi connectivity index (χ2v) is 5.91. The van der Waals surface area contributed by atoms with Crippen LogP contribution in [-0.2, 0) is 6.54 Å². The van der Waals surface area contributed by atoms with Gasteiger partial charge in [-0.2, -0.15) is 0 Å². The third kappa shape index (κ3) is 2.39. The largest absolute Gasteiger partial charge is 0.367 e. The van der Waals surface area contributed by atoms with Gasteiger partial charge in [-0.05, 0) is 43.2 Å². The fourth-order valence-corrected chi connectivity index (χ4v) is 3.42. The highest BCUT2D eigenvalue weighted by Crippen LogP contribution is 2.32. The number of nitrogens with one attached hydrogen (secondary N) is 1. The Bertz CT molecular complexity index is 394. The monoisotopic (exact) mass is 244 g/mol. The van der Waals surface area contributed by atoms with E-state index < -0.39 is 0 Å². The number of anilines is 1. The minimum atomic E-state index is 0.766. The van der Waals surface area contributed by atoms with Crippen molar-refractivity contribution in [2.75, 3.05) is 18.0 Å². The highest BCUT2D eigenvalue weighted by atomic mass is 15.2. The van der Waals surface area contributed by atoms with Gasteiger partial charge in [0.25, 0.3) is 0 Å². The molecule has 1 heterocycles. The van der Waals surface area contributed by atoms with E-state index in [0.717, 1.165) is 31.6 Å². The minimum absolute atomic E-state index is 0.766. The molecule has 1 aliphatic carbocycles. The van der Waals surface area contributed by atoms with Crippen molar-refractivity contribution in [1.29, 1.82) is 0 Å². The number of fused-ring (bicyclic) bond motifs is 1. The van der Waals surface area contributed by atoms with Crippen molar-refractivity contribution < 1.29 is 0 Å². The maximum absolute atomic E-state index is 3.54. The number of hydrogen-bond donors (Lipinski definition) is 1. The molecule has 3 rings (SSSR count). The minimum Gasteiger partial charge on any atom is -0.367 e. The molecule has 0 unspecified atom stereocenters. The van der Waals surface area contributed by atoms with Crippen LogP contribution in [-0.4, -0.2) is 19.1 Å². The van der Waals surface area contributed by atoms with Crippen LogP contribution in [0.1, 0.15) is 38.2 Å². The quantitative estimate of drug-likeness (QED) is 0.816. The van der Waals surface area contributed by atoms with Crippen LogP contribution in [0.15, 0.2) is 24.3 Å². The molecule has 2 aliphatic rings. The molecule has 2 heteroatoms. The third-order valence-corrected chi connectivity index (χ3v) is 4.57. The van der Waals surface area contributed by atoms with Crippen LogP contribution in [0.4, 0.5) is 5.69 Å². The van der Waals surface area contributed by atoms with Crippen molar-refractivity contribution >= 4 is 5.69 Å². The summed E-state index contributed by atoms with van der Waals surface area (Å²) >= 11 is 0. The summed E-state index contributed by atoms with van der Waals surface area (Å²) in [5, 5.41) is 3.54. The number of para-hydroxylation sites is 1. The summed E-state index contributed by atoms with van der Waals surface area (Å²) in [6.07, 6.45) is 5.54. The molecule has 1 fully saturated rings. The summed E-state index contributed by atoms with van der Waals surface area (Å²) in [5.74, 6) is 0.932. The molecule has 1 N–H and O–H groups in total. The summed E-state index contributed by atoms with van der Waals surface area (Å²) < 4.78 is 0. The average molecular weight is 244 g/mol. The van der Waals surface area contributed by atoms with Crippen molar-refractivity contribution in [3.05, 3.63) is 29.8 Å². The molecule has 0 amide bonds. The van der Waals surface area contributed by atoms with E-state index in [-0.39, 0.29) is 0 Å². The van der Waals surface area contributed by atoms with E-state index in [0.29, 0.717) is 0 Å². The molecule has 18 heavy (non-hydrogen) atoms. The van der Waals surface area contributed by atoms with Crippen molar-refractivity contribution in [2.24, 2.45) is 5.92 Å². The molecule has 1 aliphatic heterocycles. The Kier molecular flexibility index (Phi) is 3.55. The van der Waals surface area contributed by atoms with E-state index >= 15 is 0 Å². The summed E-state index contributed by atoms with van der Waals surface area (Å²) in [6, 6.07) is 9.68. The summed E-state index contributed by atoms with van der Waals surface area (Å²) in [5.41, 5.74) is 2.94. The lowest BCUT2D eigenvalue weighted by molar-refractivity contribution is 0.334. The lowest BCUT2D eigenvalue weighted by atomic mass is 9.86. The van der Waals surface area contributed by atoms with Crippen molar-refractivity contribution in [1.82, 2.24) is 5.32 Å². The Labute approximate surface area is 110 Å². The second-order valence-electron chi connectivity index (χ2n) is 5.91. The number of nitrogens with zero attached hydrogens (tertiary/aromatic N) is 1. The van der Waals surface area contributed by atoms with E-state index in [4.69, 9.17) is 0 Å². The SMILES string of the molecule is CC1CCC(N2CCNCc3ccccc32)CC1. The first kappa shape index (κ1) is 12.0. The van der Waals surface area contributed by atoms with Gasteiger partial charge in [-0.1, -0.05) is 25.1 Å². The van der Waals surface area contributed by atoms with Gasteiger partial charge in [0.1, 0.15) is 0 Å². The van der Waals surface area contributed by atoms with Gasteiger partial charge in [-0.25, -0.2) is 0 Å². The number of benzene rings is 1. The van der Waals surface area contributed by atoms with Crippen LogP contribution >= 0.6 is 0 Å². The molecule has 0 spiro atoms. The van der Waals surface area contributed by atoms with Crippen LogP contribution in [0.25, 0.3) is 0 Å². The topological polar surface area (TPSA) is 15.3 Å². The van der Waals surface area contributed by atoms with Gasteiger partial charge in [-0.15, -0.1) is 0 Å². The standard InChI is InChI=1S/C16H24N2/c1-13-6-8-15(9-7-13)18-11-10-17-12-14-4-2-3-5-16(14)18/h2-5,13,15,17H,6-12H2,1H3. The zero-order valence-corrected chi connectivity index (χ0v) is 11.4. The first-order valence-corrected chi connectivity index (χ1v) is 7.40. The van der Waals surface area contributed by atoms with Gasteiger partial charge in [0.05, 0.1) is 0 Å². The lowest BCUT2D eigenvalue weighted by Gasteiger charge is -2.37. The van der Waals surface area contributed by atoms with Gasteiger partial charge >= 0.3 is 0 Å². The molecule has 0 aromatic heterocycles. The van der Waals surface area contributed by atoms with Gasteiger partial charge in [0, 0.05) is 31.4 Å². The smallest absolute Gasteiger partial charge is 0.0414 e. The predicted octanol–water partition coefficient (Wildman–Crippen LogP) is 3.17. The van der Waals surface area contributed by atoms with Crippen LogP contribution in [0.2, 0.25) is 0 Å². The molecule has 1 aromatic carbocycles. The first-order valence-electron chi connectivity index (χ1n) is 7.40. The van der Waals surface area contributed by atoms with Crippen LogP contribution in [0, 0.1) is 5.92 Å². The summed E-state index contributed by atoms with van der Waals surface area (Å²) in [7, 11) is 0. The lowest BCUT2D eigenvalue weighted by Crippen LogP contribution is -2.40. The van der Waals surface area contributed by atoms with Crippen molar-refractivity contribution in [3.63, 3.8) is 0 Å². The molecule has 0 atom stereocenters. The zero-order valence-electron chi connectivity index (χ0n) is 11.4. The van der Waals surface area contributed by atoms with Crippen LogP contribution in [0.3, 0.4) is 0 Å². The van der Waals surface area contributed by atoms with E-state index in [1.807, 2.05) is 0 Å².